The van der Waals surface area contributed by atoms with Gasteiger partial charge in [-0.05, 0) is 55.2 Å². The SMILES string of the molecule is CCCCN(CC(=O)N(CCc1ccc(OC)c(OC)c1)Cc1ccc(C)s1)C(=O)Cc1ccccc1. The molecule has 3 rings (SSSR count). The Morgan fingerprint density at radius 1 is 0.838 bits per heavy atom. The van der Waals surface area contributed by atoms with E-state index in [-0.39, 0.29) is 18.4 Å². The van der Waals surface area contributed by atoms with Gasteiger partial charge in [-0.25, -0.2) is 0 Å². The van der Waals surface area contributed by atoms with E-state index in [2.05, 4.69) is 26.0 Å². The van der Waals surface area contributed by atoms with E-state index in [0.29, 0.717) is 44.0 Å². The monoisotopic (exact) mass is 522 g/mol. The molecule has 0 unspecified atom stereocenters. The summed E-state index contributed by atoms with van der Waals surface area (Å²) in [6.07, 6.45) is 2.79. The van der Waals surface area contributed by atoms with Crippen LogP contribution in [-0.4, -0.2) is 55.5 Å². The van der Waals surface area contributed by atoms with Gasteiger partial charge in [0.2, 0.25) is 11.8 Å². The number of rotatable bonds is 14. The van der Waals surface area contributed by atoms with E-state index in [1.807, 2.05) is 53.4 Å². The minimum Gasteiger partial charge on any atom is -0.493 e. The standard InChI is InChI=1S/C30H38N2O4S/c1-5-6-17-31(29(33)20-24-10-8-7-9-11-24)22-30(34)32(21-26-14-12-23(2)37-26)18-16-25-13-15-27(35-3)28(19-25)36-4/h7-15,19H,5-6,16-18,20-22H2,1-4H3. The first kappa shape index (κ1) is 28.3. The molecular weight excluding hydrogens is 484 g/mol. The Labute approximate surface area is 224 Å². The highest BCUT2D eigenvalue weighted by molar-refractivity contribution is 7.11. The number of benzene rings is 2. The first-order chi connectivity index (χ1) is 17.9. The van der Waals surface area contributed by atoms with Crippen molar-refractivity contribution in [3.8, 4) is 11.5 Å². The molecule has 1 aromatic heterocycles. The fourth-order valence-electron chi connectivity index (χ4n) is 4.14. The molecule has 0 atom stereocenters. The van der Waals surface area contributed by atoms with Gasteiger partial charge in [-0.1, -0.05) is 49.7 Å². The van der Waals surface area contributed by atoms with E-state index >= 15 is 0 Å². The number of unbranched alkanes of at least 4 members (excludes halogenated alkanes) is 1. The summed E-state index contributed by atoms with van der Waals surface area (Å²) in [5.41, 5.74) is 2.02. The first-order valence-electron chi connectivity index (χ1n) is 12.8. The molecule has 0 aliphatic carbocycles. The van der Waals surface area contributed by atoms with E-state index in [0.717, 1.165) is 28.8 Å². The van der Waals surface area contributed by atoms with Gasteiger partial charge in [0.25, 0.3) is 0 Å². The third-order valence-electron chi connectivity index (χ3n) is 6.27. The number of methoxy groups -OCH3 is 2. The average Bonchev–Trinajstić information content (AvgIpc) is 3.33. The van der Waals surface area contributed by atoms with Crippen molar-refractivity contribution >= 4 is 23.2 Å². The summed E-state index contributed by atoms with van der Waals surface area (Å²) >= 11 is 1.70. The molecular formula is C30H38N2O4S. The summed E-state index contributed by atoms with van der Waals surface area (Å²) in [6, 6.07) is 19.7. The largest absolute Gasteiger partial charge is 0.493 e. The zero-order valence-electron chi connectivity index (χ0n) is 22.4. The molecule has 0 saturated heterocycles. The molecule has 0 aliphatic heterocycles. The maximum Gasteiger partial charge on any atom is 0.242 e. The van der Waals surface area contributed by atoms with Crippen molar-refractivity contribution in [3.63, 3.8) is 0 Å². The van der Waals surface area contributed by atoms with Crippen molar-refractivity contribution in [2.75, 3.05) is 33.9 Å². The van der Waals surface area contributed by atoms with Crippen LogP contribution in [0.1, 0.15) is 40.6 Å². The number of carbonyl (C=O) groups is 2. The Balaban J connectivity index is 1.74. The highest BCUT2D eigenvalue weighted by Crippen LogP contribution is 2.28. The normalized spacial score (nSPS) is 10.7. The molecule has 37 heavy (non-hydrogen) atoms. The third-order valence-corrected chi connectivity index (χ3v) is 7.26. The molecule has 7 heteroatoms. The molecule has 0 aliphatic rings. The van der Waals surface area contributed by atoms with Crippen molar-refractivity contribution in [2.24, 2.45) is 0 Å². The molecule has 2 amide bonds. The number of hydrogen-bond acceptors (Lipinski definition) is 5. The number of nitrogens with zero attached hydrogens (tertiary/aromatic N) is 2. The lowest BCUT2D eigenvalue weighted by atomic mass is 10.1. The number of carbonyl (C=O) groups excluding carboxylic acids is 2. The van der Waals surface area contributed by atoms with Crippen LogP contribution in [-0.2, 0) is 29.0 Å². The van der Waals surface area contributed by atoms with Gasteiger partial charge in [-0.3, -0.25) is 9.59 Å². The fourth-order valence-corrected chi connectivity index (χ4v) is 5.04. The molecule has 3 aromatic rings. The van der Waals surface area contributed by atoms with Crippen LogP contribution in [0.2, 0.25) is 0 Å². The topological polar surface area (TPSA) is 59.1 Å². The van der Waals surface area contributed by atoms with Gasteiger partial charge in [0.15, 0.2) is 11.5 Å². The lowest BCUT2D eigenvalue weighted by Crippen LogP contribution is -2.44. The van der Waals surface area contributed by atoms with Crippen molar-refractivity contribution in [1.29, 1.82) is 0 Å². The van der Waals surface area contributed by atoms with Gasteiger partial charge in [0.1, 0.15) is 0 Å². The van der Waals surface area contributed by atoms with E-state index in [4.69, 9.17) is 9.47 Å². The molecule has 6 nitrogen and oxygen atoms in total. The van der Waals surface area contributed by atoms with Gasteiger partial charge in [0.05, 0.1) is 33.7 Å². The van der Waals surface area contributed by atoms with Gasteiger partial charge in [-0.15, -0.1) is 11.3 Å². The lowest BCUT2D eigenvalue weighted by molar-refractivity contribution is -0.140. The van der Waals surface area contributed by atoms with Crippen LogP contribution < -0.4 is 9.47 Å². The Bertz CT molecular complexity index is 1150. The number of thiophene rings is 1. The smallest absolute Gasteiger partial charge is 0.242 e. The van der Waals surface area contributed by atoms with Crippen LogP contribution in [0.3, 0.4) is 0 Å². The zero-order chi connectivity index (χ0) is 26.6. The highest BCUT2D eigenvalue weighted by Gasteiger charge is 2.22. The molecule has 198 valence electrons. The number of ether oxygens (including phenoxy) is 2. The van der Waals surface area contributed by atoms with Crippen LogP contribution in [0.15, 0.2) is 60.7 Å². The molecule has 2 aromatic carbocycles. The summed E-state index contributed by atoms with van der Waals surface area (Å²) < 4.78 is 10.8. The summed E-state index contributed by atoms with van der Waals surface area (Å²) in [7, 11) is 3.23. The number of aryl methyl sites for hydroxylation is 1. The predicted octanol–water partition coefficient (Wildman–Crippen LogP) is 5.52. The van der Waals surface area contributed by atoms with E-state index in [1.54, 1.807) is 30.5 Å². The van der Waals surface area contributed by atoms with Crippen LogP contribution in [0.5, 0.6) is 11.5 Å². The zero-order valence-corrected chi connectivity index (χ0v) is 23.2. The van der Waals surface area contributed by atoms with E-state index < -0.39 is 0 Å². The van der Waals surface area contributed by atoms with Crippen molar-refractivity contribution in [3.05, 3.63) is 81.5 Å². The maximum absolute atomic E-state index is 13.6. The molecule has 0 radical (unpaired) electrons. The molecule has 0 saturated carbocycles. The Morgan fingerprint density at radius 3 is 2.24 bits per heavy atom. The van der Waals surface area contributed by atoms with Gasteiger partial charge < -0.3 is 19.3 Å². The Morgan fingerprint density at radius 2 is 1.59 bits per heavy atom. The quantitative estimate of drug-likeness (QED) is 0.280. The lowest BCUT2D eigenvalue weighted by Gasteiger charge is -2.28. The minimum absolute atomic E-state index is 0.0141. The van der Waals surface area contributed by atoms with E-state index in [9.17, 15) is 9.59 Å². The van der Waals surface area contributed by atoms with Crippen molar-refractivity contribution in [1.82, 2.24) is 9.80 Å². The first-order valence-corrected chi connectivity index (χ1v) is 13.6. The minimum atomic E-state index is -0.0379. The summed E-state index contributed by atoms with van der Waals surface area (Å²) in [5, 5.41) is 0. The predicted molar refractivity (Wildman–Crippen MR) is 149 cm³/mol. The molecule has 0 spiro atoms. The second-order valence-corrected chi connectivity index (χ2v) is 10.5. The second-order valence-electron chi connectivity index (χ2n) is 9.10. The molecule has 0 fully saturated rings. The van der Waals surface area contributed by atoms with Crippen LogP contribution in [0, 0.1) is 6.92 Å². The number of hydrogen-bond donors (Lipinski definition) is 0. The fraction of sp³-hybridized carbons (Fsp3) is 0.400. The van der Waals surface area contributed by atoms with Crippen molar-refractivity contribution in [2.45, 2.75) is 46.1 Å². The van der Waals surface area contributed by atoms with Crippen molar-refractivity contribution < 1.29 is 19.1 Å². The average molecular weight is 523 g/mol. The van der Waals surface area contributed by atoms with Gasteiger partial charge in [-0.2, -0.15) is 0 Å². The highest BCUT2D eigenvalue weighted by atomic mass is 32.1. The Hall–Kier alpha value is -3.32. The van der Waals surface area contributed by atoms with Gasteiger partial charge in [0, 0.05) is 22.8 Å². The summed E-state index contributed by atoms with van der Waals surface area (Å²) in [4.78, 5) is 32.7. The van der Waals surface area contributed by atoms with Crippen LogP contribution in [0.4, 0.5) is 0 Å². The Kier molecular flexibility index (Phi) is 11.0. The molecule has 0 bridgehead atoms. The van der Waals surface area contributed by atoms with Gasteiger partial charge >= 0.3 is 0 Å². The van der Waals surface area contributed by atoms with Crippen LogP contribution >= 0.6 is 11.3 Å². The molecule has 0 N–H and O–H groups in total. The second kappa shape index (κ2) is 14.4. The summed E-state index contributed by atoms with van der Waals surface area (Å²) in [5.74, 6) is 1.30. The maximum atomic E-state index is 13.6. The third kappa shape index (κ3) is 8.64. The molecule has 1 heterocycles. The number of amides is 2. The van der Waals surface area contributed by atoms with E-state index in [1.165, 1.54) is 4.88 Å². The van der Waals surface area contributed by atoms with Crippen LogP contribution in [0.25, 0.3) is 0 Å². The summed E-state index contributed by atoms with van der Waals surface area (Å²) in [6.45, 7) is 5.89.